The van der Waals surface area contributed by atoms with Crippen LogP contribution in [0.2, 0.25) is 0 Å². The molecular weight excluding hydrogens is 550 g/mol. The minimum Gasteiger partial charge on any atom is -0.331 e. The van der Waals surface area contributed by atoms with Crippen LogP contribution in [0.3, 0.4) is 0 Å². The summed E-state index contributed by atoms with van der Waals surface area (Å²) in [7, 11) is 0. The monoisotopic (exact) mass is 550 g/mol. The molecule has 1 unspecified atom stereocenters. The third-order valence-corrected chi connectivity index (χ3v) is 3.03. The molecule has 0 aliphatic heterocycles. The highest BCUT2D eigenvalue weighted by Gasteiger charge is 2.83. The van der Waals surface area contributed by atoms with Crippen LogP contribution in [0.1, 0.15) is 0 Å². The molecule has 1 atom stereocenters. The van der Waals surface area contributed by atoms with E-state index < -0.39 is 54.1 Å². The Morgan fingerprint density at radius 3 is 1.06 bits per heavy atom. The minimum atomic E-state index is -7.90. The Morgan fingerprint density at radius 1 is 0.469 bits per heavy atom. The van der Waals surface area contributed by atoms with E-state index in [1.165, 1.54) is 9.47 Å². The van der Waals surface area contributed by atoms with Gasteiger partial charge in [0, 0.05) is 0 Å². The predicted octanol–water partition coefficient (Wildman–Crippen LogP) is 5.65. The summed E-state index contributed by atoms with van der Waals surface area (Å²) >= 11 is 3.57. The highest BCUT2D eigenvalue weighted by atomic mass is 35.5. The van der Waals surface area contributed by atoms with Gasteiger partial charge in [0.1, 0.15) is 0 Å². The molecule has 4 nitrogen and oxygen atoms in total. The zero-order valence-corrected chi connectivity index (χ0v) is 14.1. The average Bonchev–Trinajstić information content (AvgIpc) is 2.39. The van der Waals surface area contributed by atoms with Crippen molar-refractivity contribution in [2.45, 2.75) is 54.1 Å². The van der Waals surface area contributed by atoms with Crippen LogP contribution in [0.4, 0.5) is 79.0 Å². The lowest BCUT2D eigenvalue weighted by molar-refractivity contribution is -0.594. The zero-order chi connectivity index (χ0) is 26.6. The van der Waals surface area contributed by atoms with E-state index >= 15 is 0 Å². The van der Waals surface area contributed by atoms with E-state index in [1.54, 1.807) is 4.74 Å². The standard InChI is InChI=1S/C9HClF18O4/c10-1(11,4(16,17)18)6(21,22)30-8(25,26)32-9(27,28)31-7(23,24)3(14,15)2(12,13)5(19,20)29/h29H. The van der Waals surface area contributed by atoms with Crippen LogP contribution in [0.15, 0.2) is 0 Å². The summed E-state index contributed by atoms with van der Waals surface area (Å²) in [5.41, 5.74) is 0. The Morgan fingerprint density at radius 2 is 0.781 bits per heavy atom. The molecule has 0 aromatic rings. The van der Waals surface area contributed by atoms with Crippen molar-refractivity contribution in [1.29, 1.82) is 0 Å². The van der Waals surface area contributed by atoms with E-state index in [0.29, 0.717) is 0 Å². The molecule has 0 aliphatic carbocycles. The molecule has 0 aromatic carbocycles. The van der Waals surface area contributed by atoms with Crippen LogP contribution in [-0.4, -0.2) is 59.2 Å². The Kier molecular flexibility index (Phi) is 7.69. The van der Waals surface area contributed by atoms with Crippen LogP contribution in [0.25, 0.3) is 0 Å². The maximum atomic E-state index is 12.9. The van der Waals surface area contributed by atoms with Gasteiger partial charge in [-0.15, -0.1) is 17.6 Å². The summed E-state index contributed by atoms with van der Waals surface area (Å²) in [6.45, 7) is 0. The lowest BCUT2D eigenvalue weighted by Crippen LogP contribution is -2.64. The molecule has 23 heteroatoms. The molecule has 0 fully saturated rings. The summed E-state index contributed by atoms with van der Waals surface area (Å²) < 4.78 is 230. The number of rotatable bonds is 10. The summed E-state index contributed by atoms with van der Waals surface area (Å²) in [6, 6.07) is 0. The molecular formula is C9HClF18O4. The molecule has 0 rings (SSSR count). The van der Waals surface area contributed by atoms with Crippen LogP contribution in [0.5, 0.6) is 0 Å². The van der Waals surface area contributed by atoms with Gasteiger partial charge in [-0.2, -0.15) is 57.1 Å². The van der Waals surface area contributed by atoms with Crippen molar-refractivity contribution in [3.63, 3.8) is 0 Å². The van der Waals surface area contributed by atoms with Gasteiger partial charge >= 0.3 is 54.1 Å². The zero-order valence-electron chi connectivity index (χ0n) is 13.4. The van der Waals surface area contributed by atoms with E-state index in [2.05, 4.69) is 11.6 Å². The number of alkyl halides is 19. The lowest BCUT2D eigenvalue weighted by atomic mass is 10.1. The third kappa shape index (κ3) is 5.86. The molecule has 0 aromatic heterocycles. The van der Waals surface area contributed by atoms with E-state index in [4.69, 9.17) is 5.11 Å². The van der Waals surface area contributed by atoms with E-state index in [1.807, 2.05) is 0 Å². The first-order valence-electron chi connectivity index (χ1n) is 6.29. The van der Waals surface area contributed by atoms with Crippen LogP contribution in [0, 0.1) is 0 Å². The molecule has 0 saturated heterocycles. The van der Waals surface area contributed by atoms with Gasteiger partial charge in [0.15, 0.2) is 0 Å². The van der Waals surface area contributed by atoms with Crippen LogP contribution >= 0.6 is 11.6 Å². The van der Waals surface area contributed by atoms with Crippen LogP contribution < -0.4 is 0 Å². The van der Waals surface area contributed by atoms with Crippen molar-refractivity contribution in [1.82, 2.24) is 0 Å². The van der Waals surface area contributed by atoms with Gasteiger partial charge in [-0.1, -0.05) is 11.6 Å². The molecule has 194 valence electrons. The summed E-state index contributed by atoms with van der Waals surface area (Å²) in [6.07, 6.45) is -43.3. The number of hydrogen-bond donors (Lipinski definition) is 1. The van der Waals surface area contributed by atoms with Crippen molar-refractivity contribution in [3.05, 3.63) is 0 Å². The van der Waals surface area contributed by atoms with E-state index in [-0.39, 0.29) is 0 Å². The Hall–Kier alpha value is -1.13. The summed E-state index contributed by atoms with van der Waals surface area (Å²) in [4.78, 5) is 0. The SMILES string of the molecule is OC(F)(F)C(F)(F)C(F)(F)C(F)(F)OC(F)(F)OC(F)(F)OC(F)(F)C(F)(Cl)C(F)(F)F. The van der Waals surface area contributed by atoms with Gasteiger partial charge in [0.2, 0.25) is 0 Å². The van der Waals surface area contributed by atoms with Crippen molar-refractivity contribution < 1.29 is 98.3 Å². The predicted molar refractivity (Wildman–Crippen MR) is 55.8 cm³/mol. The largest absolute Gasteiger partial charge is 0.496 e. The normalized spacial score (nSPS) is 18.0. The fourth-order valence-electron chi connectivity index (χ4n) is 1.14. The van der Waals surface area contributed by atoms with Gasteiger partial charge in [-0.05, 0) is 0 Å². The fraction of sp³-hybridized carbons (Fsp3) is 1.00. The second kappa shape index (κ2) is 7.98. The molecule has 0 saturated carbocycles. The van der Waals surface area contributed by atoms with Crippen molar-refractivity contribution in [2.75, 3.05) is 0 Å². The number of aliphatic hydroxyl groups is 1. The molecule has 0 amide bonds. The number of ether oxygens (including phenoxy) is 3. The van der Waals surface area contributed by atoms with Gasteiger partial charge < -0.3 is 5.11 Å². The molecule has 0 radical (unpaired) electrons. The molecule has 0 spiro atoms. The maximum Gasteiger partial charge on any atom is 0.496 e. The number of halogens is 19. The highest BCUT2D eigenvalue weighted by Crippen LogP contribution is 2.54. The highest BCUT2D eigenvalue weighted by molar-refractivity contribution is 6.24. The Labute approximate surface area is 165 Å². The Balaban J connectivity index is 5.84. The van der Waals surface area contributed by atoms with Gasteiger partial charge in [-0.3, -0.25) is 0 Å². The minimum absolute atomic E-state index is 1.36. The summed E-state index contributed by atoms with van der Waals surface area (Å²) in [5.74, 6) is -15.6. The molecule has 1 N–H and O–H groups in total. The first-order chi connectivity index (χ1) is 13.4. The molecule has 32 heavy (non-hydrogen) atoms. The first kappa shape index (κ1) is 30.9. The average molecular weight is 551 g/mol. The first-order valence-corrected chi connectivity index (χ1v) is 6.67. The Bertz CT molecular complexity index is 666. The summed E-state index contributed by atoms with van der Waals surface area (Å²) in [5, 5.41) is 0.820. The van der Waals surface area contributed by atoms with Gasteiger partial charge in [0.05, 0.1) is 0 Å². The number of hydrogen-bond acceptors (Lipinski definition) is 4. The fourth-order valence-corrected chi connectivity index (χ4v) is 1.18. The smallest absolute Gasteiger partial charge is 0.331 e. The third-order valence-electron chi connectivity index (χ3n) is 2.59. The molecule has 0 aliphatic rings. The van der Waals surface area contributed by atoms with Crippen molar-refractivity contribution in [3.8, 4) is 0 Å². The lowest BCUT2D eigenvalue weighted by Gasteiger charge is -2.35. The maximum absolute atomic E-state index is 12.9. The second-order valence-corrected chi connectivity index (χ2v) is 5.55. The van der Waals surface area contributed by atoms with E-state index in [9.17, 15) is 79.0 Å². The second-order valence-electron chi connectivity index (χ2n) is 5.03. The molecule has 0 heterocycles. The molecule has 0 bridgehead atoms. The topological polar surface area (TPSA) is 47.9 Å². The van der Waals surface area contributed by atoms with Gasteiger partial charge in [-0.25, -0.2) is 18.6 Å². The van der Waals surface area contributed by atoms with Crippen LogP contribution in [-0.2, 0) is 14.2 Å². The quantitative estimate of drug-likeness (QED) is 0.217. The van der Waals surface area contributed by atoms with Crippen molar-refractivity contribution >= 4 is 11.6 Å². The van der Waals surface area contributed by atoms with Crippen molar-refractivity contribution in [2.24, 2.45) is 0 Å². The van der Waals surface area contributed by atoms with Gasteiger partial charge in [0.25, 0.3) is 0 Å². The van der Waals surface area contributed by atoms with E-state index in [0.717, 1.165) is 0 Å².